The first-order valence-corrected chi connectivity index (χ1v) is 6.53. The molecular formula is C15H13N3O5. The predicted molar refractivity (Wildman–Crippen MR) is 82.2 cm³/mol. The molecule has 118 valence electrons. The lowest BCUT2D eigenvalue weighted by Gasteiger charge is -2.09. The third-order valence-corrected chi connectivity index (χ3v) is 2.87. The van der Waals surface area contributed by atoms with Gasteiger partial charge in [-0.1, -0.05) is 12.1 Å². The van der Waals surface area contributed by atoms with Gasteiger partial charge in [-0.2, -0.15) is 0 Å². The minimum absolute atomic E-state index is 0.0744. The van der Waals surface area contributed by atoms with E-state index in [1.54, 1.807) is 12.1 Å². The van der Waals surface area contributed by atoms with Gasteiger partial charge in [-0.3, -0.25) is 19.7 Å². The number of nitrogens with one attached hydrogen (secondary N) is 1. The largest absolute Gasteiger partial charge is 0.483 e. The zero-order chi connectivity index (χ0) is 16.8. The van der Waals surface area contributed by atoms with Gasteiger partial charge in [-0.25, -0.2) is 0 Å². The molecule has 0 unspecified atom stereocenters. The number of hydrogen-bond donors (Lipinski definition) is 2. The first kappa shape index (κ1) is 16.0. The van der Waals surface area contributed by atoms with Gasteiger partial charge in [0.05, 0.1) is 10.5 Å². The van der Waals surface area contributed by atoms with E-state index in [0.717, 1.165) is 0 Å². The number of nitro benzene ring substituents is 1. The van der Waals surface area contributed by atoms with Crippen molar-refractivity contribution < 1.29 is 19.2 Å². The molecule has 3 N–H and O–H groups in total. The number of nitro groups is 1. The molecule has 0 radical (unpaired) electrons. The van der Waals surface area contributed by atoms with Gasteiger partial charge >= 0.3 is 0 Å². The first-order chi connectivity index (χ1) is 11.0. The van der Waals surface area contributed by atoms with Crippen LogP contribution >= 0.6 is 0 Å². The summed E-state index contributed by atoms with van der Waals surface area (Å²) in [6, 6.07) is 11.7. The van der Waals surface area contributed by atoms with Gasteiger partial charge < -0.3 is 15.8 Å². The van der Waals surface area contributed by atoms with Crippen molar-refractivity contribution in [2.45, 2.75) is 0 Å². The van der Waals surface area contributed by atoms with Crippen molar-refractivity contribution in [1.29, 1.82) is 0 Å². The molecule has 0 saturated carbocycles. The summed E-state index contributed by atoms with van der Waals surface area (Å²) in [5.74, 6) is -0.923. The SMILES string of the molecule is NC(=O)c1ccccc1OCC(=O)Nc1ccc([N+](=O)[O-])cc1. The molecule has 8 heteroatoms. The van der Waals surface area contributed by atoms with Crippen LogP contribution in [0.3, 0.4) is 0 Å². The molecule has 2 aromatic carbocycles. The van der Waals surface area contributed by atoms with E-state index in [1.807, 2.05) is 0 Å². The molecule has 8 nitrogen and oxygen atoms in total. The molecule has 0 aliphatic carbocycles. The quantitative estimate of drug-likeness (QED) is 0.620. The number of carbonyl (C=O) groups excluding carboxylic acids is 2. The number of amides is 2. The van der Waals surface area contributed by atoms with Gasteiger partial charge in [0.2, 0.25) is 0 Å². The van der Waals surface area contributed by atoms with Crippen molar-refractivity contribution in [3.8, 4) is 5.75 Å². The van der Waals surface area contributed by atoms with Gasteiger partial charge in [0.25, 0.3) is 17.5 Å². The second-order valence-electron chi connectivity index (χ2n) is 4.50. The standard InChI is InChI=1S/C15H13N3O5/c16-15(20)12-3-1-2-4-13(12)23-9-14(19)17-10-5-7-11(8-6-10)18(21)22/h1-8H,9H2,(H2,16,20)(H,17,19). The second-order valence-corrected chi connectivity index (χ2v) is 4.50. The smallest absolute Gasteiger partial charge is 0.269 e. The van der Waals surface area contributed by atoms with Crippen LogP contribution in [0, 0.1) is 10.1 Å². The number of non-ortho nitro benzene ring substituents is 1. The first-order valence-electron chi connectivity index (χ1n) is 6.53. The molecule has 0 atom stereocenters. The molecule has 2 aromatic rings. The normalized spacial score (nSPS) is 9.91. The highest BCUT2D eigenvalue weighted by molar-refractivity contribution is 5.96. The predicted octanol–water partition coefficient (Wildman–Crippen LogP) is 1.71. The molecule has 0 fully saturated rings. The number of anilines is 1. The Morgan fingerprint density at radius 3 is 2.39 bits per heavy atom. The monoisotopic (exact) mass is 315 g/mol. The fraction of sp³-hybridized carbons (Fsp3) is 0.0667. The molecule has 0 aliphatic rings. The molecule has 0 aromatic heterocycles. The summed E-state index contributed by atoms with van der Waals surface area (Å²) in [6.45, 7) is -0.332. The van der Waals surface area contributed by atoms with Crippen molar-refractivity contribution in [1.82, 2.24) is 0 Å². The highest BCUT2D eigenvalue weighted by Crippen LogP contribution is 2.18. The van der Waals surface area contributed by atoms with Crippen LogP contribution in [0.2, 0.25) is 0 Å². The zero-order valence-corrected chi connectivity index (χ0v) is 11.9. The van der Waals surface area contributed by atoms with E-state index in [9.17, 15) is 19.7 Å². The maximum Gasteiger partial charge on any atom is 0.269 e. The number of nitrogens with two attached hydrogens (primary N) is 1. The number of para-hydroxylation sites is 1. The lowest BCUT2D eigenvalue weighted by molar-refractivity contribution is -0.384. The Labute approximate surface area is 131 Å². The lowest BCUT2D eigenvalue weighted by atomic mass is 10.2. The van der Waals surface area contributed by atoms with E-state index in [0.29, 0.717) is 5.69 Å². The van der Waals surface area contributed by atoms with E-state index in [1.165, 1.54) is 36.4 Å². The van der Waals surface area contributed by atoms with Crippen molar-refractivity contribution in [3.05, 3.63) is 64.2 Å². The van der Waals surface area contributed by atoms with Crippen LogP contribution in [-0.2, 0) is 4.79 Å². The maximum absolute atomic E-state index is 11.8. The lowest BCUT2D eigenvalue weighted by Crippen LogP contribution is -2.21. The number of ether oxygens (including phenoxy) is 1. The van der Waals surface area contributed by atoms with Crippen LogP contribution in [0.15, 0.2) is 48.5 Å². The topological polar surface area (TPSA) is 125 Å². The van der Waals surface area contributed by atoms with Gasteiger partial charge in [-0.15, -0.1) is 0 Å². The van der Waals surface area contributed by atoms with Crippen LogP contribution < -0.4 is 15.8 Å². The Bertz CT molecular complexity index is 743. The van der Waals surface area contributed by atoms with Crippen LogP contribution in [0.4, 0.5) is 11.4 Å². The molecule has 2 amide bonds. The molecule has 23 heavy (non-hydrogen) atoms. The van der Waals surface area contributed by atoms with Crippen molar-refractivity contribution in [3.63, 3.8) is 0 Å². The average molecular weight is 315 g/mol. The molecule has 0 aliphatic heterocycles. The molecule has 2 rings (SSSR count). The summed E-state index contributed by atoms with van der Waals surface area (Å²) in [4.78, 5) is 33.0. The number of benzene rings is 2. The number of carbonyl (C=O) groups is 2. The van der Waals surface area contributed by atoms with Gasteiger partial charge in [0.1, 0.15) is 5.75 Å². The Kier molecular flexibility index (Phi) is 4.88. The Morgan fingerprint density at radius 1 is 1.13 bits per heavy atom. The molecule has 0 saturated heterocycles. The van der Waals surface area contributed by atoms with E-state index in [-0.39, 0.29) is 23.6 Å². The van der Waals surface area contributed by atoms with Crippen molar-refractivity contribution >= 4 is 23.2 Å². The van der Waals surface area contributed by atoms with E-state index >= 15 is 0 Å². The summed E-state index contributed by atoms with van der Waals surface area (Å²) >= 11 is 0. The van der Waals surface area contributed by atoms with Crippen molar-refractivity contribution in [2.75, 3.05) is 11.9 Å². The van der Waals surface area contributed by atoms with Gasteiger partial charge in [-0.05, 0) is 24.3 Å². The Hall–Kier alpha value is -3.42. The Morgan fingerprint density at radius 2 is 1.78 bits per heavy atom. The van der Waals surface area contributed by atoms with E-state index in [4.69, 9.17) is 10.5 Å². The van der Waals surface area contributed by atoms with Gasteiger partial charge in [0.15, 0.2) is 6.61 Å². The third kappa shape index (κ3) is 4.27. The van der Waals surface area contributed by atoms with Crippen LogP contribution in [-0.4, -0.2) is 23.3 Å². The van der Waals surface area contributed by atoms with Crippen LogP contribution in [0.25, 0.3) is 0 Å². The second kappa shape index (κ2) is 7.03. The fourth-order valence-corrected chi connectivity index (χ4v) is 1.80. The minimum atomic E-state index is -0.656. The van der Waals surface area contributed by atoms with Crippen LogP contribution in [0.1, 0.15) is 10.4 Å². The maximum atomic E-state index is 11.8. The summed E-state index contributed by atoms with van der Waals surface area (Å²) in [6.07, 6.45) is 0. The third-order valence-electron chi connectivity index (χ3n) is 2.87. The summed E-state index contributed by atoms with van der Waals surface area (Å²) in [5, 5.41) is 13.1. The highest BCUT2D eigenvalue weighted by atomic mass is 16.6. The van der Waals surface area contributed by atoms with E-state index in [2.05, 4.69) is 5.32 Å². The summed E-state index contributed by atoms with van der Waals surface area (Å²) < 4.78 is 5.27. The average Bonchev–Trinajstić information content (AvgIpc) is 2.53. The zero-order valence-electron chi connectivity index (χ0n) is 11.9. The molecular weight excluding hydrogens is 302 g/mol. The number of hydrogen-bond acceptors (Lipinski definition) is 5. The van der Waals surface area contributed by atoms with Crippen LogP contribution in [0.5, 0.6) is 5.75 Å². The number of nitrogens with zero attached hydrogens (tertiary/aromatic N) is 1. The minimum Gasteiger partial charge on any atom is -0.483 e. The molecule has 0 heterocycles. The van der Waals surface area contributed by atoms with Gasteiger partial charge in [0, 0.05) is 17.8 Å². The highest BCUT2D eigenvalue weighted by Gasteiger charge is 2.11. The summed E-state index contributed by atoms with van der Waals surface area (Å²) in [7, 11) is 0. The Balaban J connectivity index is 1.95. The summed E-state index contributed by atoms with van der Waals surface area (Å²) in [5.41, 5.74) is 5.71. The van der Waals surface area contributed by atoms with Crippen molar-refractivity contribution in [2.24, 2.45) is 5.73 Å². The molecule has 0 spiro atoms. The fourth-order valence-electron chi connectivity index (χ4n) is 1.80. The number of rotatable bonds is 6. The van der Waals surface area contributed by atoms with E-state index < -0.39 is 16.7 Å². The number of primary amides is 1. The molecule has 0 bridgehead atoms.